The van der Waals surface area contributed by atoms with E-state index in [-0.39, 0.29) is 22.1 Å². The molecule has 1 heterocycles. The van der Waals surface area contributed by atoms with Crippen molar-refractivity contribution < 1.29 is 9.59 Å². The molecule has 2 amide bonds. The highest BCUT2D eigenvalue weighted by Crippen LogP contribution is 2.63. The van der Waals surface area contributed by atoms with Crippen molar-refractivity contribution in [1.29, 1.82) is 0 Å². The van der Waals surface area contributed by atoms with Crippen LogP contribution < -0.4 is 10.2 Å². The van der Waals surface area contributed by atoms with E-state index in [0.717, 1.165) is 56.3 Å². The molecule has 2 unspecified atom stereocenters. The molecule has 27 heavy (non-hydrogen) atoms. The van der Waals surface area contributed by atoms with E-state index in [1.165, 1.54) is 6.42 Å². The number of rotatable bonds is 4. The lowest BCUT2D eigenvalue weighted by Gasteiger charge is -2.59. The van der Waals surface area contributed by atoms with Crippen LogP contribution in [0.3, 0.4) is 0 Å². The summed E-state index contributed by atoms with van der Waals surface area (Å²) < 4.78 is 0. The number of halogens is 1. The van der Waals surface area contributed by atoms with Crippen LogP contribution in [0.25, 0.3) is 0 Å². The summed E-state index contributed by atoms with van der Waals surface area (Å²) in [5.41, 5.74) is 1.79. The standard InChI is InChI=1S/C22H27ClN2O2/c23-22-11-16-8-17(12-22)10-21(9-16,14-22)20(27)24-13-15-3-5-18(6-4-15)25-7-1-2-19(25)26/h3-6,16-17H,1-2,7-14H2,(H,24,27). The Hall–Kier alpha value is -1.55. The van der Waals surface area contributed by atoms with E-state index >= 15 is 0 Å². The molecule has 1 aliphatic heterocycles. The van der Waals surface area contributed by atoms with Crippen molar-refractivity contribution in [2.75, 3.05) is 11.4 Å². The highest BCUT2D eigenvalue weighted by molar-refractivity contribution is 6.24. The third-order valence-corrected chi connectivity index (χ3v) is 7.69. The average Bonchev–Trinajstić information content (AvgIpc) is 3.04. The van der Waals surface area contributed by atoms with E-state index in [1.807, 2.05) is 29.2 Å². The van der Waals surface area contributed by atoms with E-state index in [9.17, 15) is 9.59 Å². The van der Waals surface area contributed by atoms with Gasteiger partial charge in [0.15, 0.2) is 0 Å². The molecule has 2 atom stereocenters. The van der Waals surface area contributed by atoms with E-state index < -0.39 is 0 Å². The van der Waals surface area contributed by atoms with Crippen LogP contribution in [0, 0.1) is 17.3 Å². The molecule has 4 aliphatic carbocycles. The van der Waals surface area contributed by atoms with Gasteiger partial charge >= 0.3 is 0 Å². The molecule has 0 aromatic heterocycles. The van der Waals surface area contributed by atoms with E-state index in [4.69, 9.17) is 11.6 Å². The Bertz CT molecular complexity index is 761. The number of alkyl halides is 1. The molecule has 5 heteroatoms. The highest BCUT2D eigenvalue weighted by Gasteiger charge is 2.59. The number of nitrogens with one attached hydrogen (secondary N) is 1. The third-order valence-electron chi connectivity index (χ3n) is 7.25. The Balaban J connectivity index is 1.24. The molecule has 1 aromatic carbocycles. The van der Waals surface area contributed by atoms with E-state index in [1.54, 1.807) is 0 Å². The number of benzene rings is 1. The van der Waals surface area contributed by atoms with Gasteiger partial charge in [-0.1, -0.05) is 12.1 Å². The van der Waals surface area contributed by atoms with Crippen LogP contribution in [-0.2, 0) is 16.1 Å². The first kappa shape index (κ1) is 17.5. The Morgan fingerprint density at radius 2 is 1.85 bits per heavy atom. The van der Waals surface area contributed by atoms with Crippen LogP contribution in [0.4, 0.5) is 5.69 Å². The molecule has 1 aromatic rings. The van der Waals surface area contributed by atoms with Crippen molar-refractivity contribution in [2.45, 2.75) is 62.8 Å². The quantitative estimate of drug-likeness (QED) is 0.795. The van der Waals surface area contributed by atoms with E-state index in [0.29, 0.717) is 24.8 Å². The molecule has 6 rings (SSSR count). The Morgan fingerprint density at radius 3 is 2.44 bits per heavy atom. The van der Waals surface area contributed by atoms with Gasteiger partial charge in [0.1, 0.15) is 0 Å². The van der Waals surface area contributed by atoms with Crippen molar-refractivity contribution in [3.8, 4) is 0 Å². The molecule has 4 saturated carbocycles. The monoisotopic (exact) mass is 386 g/mol. The predicted octanol–water partition coefficient (Wildman–Crippen LogP) is 4.01. The van der Waals surface area contributed by atoms with Crippen molar-refractivity contribution in [1.82, 2.24) is 5.32 Å². The van der Waals surface area contributed by atoms with Gasteiger partial charge in [-0.05, 0) is 74.5 Å². The molecule has 0 radical (unpaired) electrons. The summed E-state index contributed by atoms with van der Waals surface area (Å²) >= 11 is 6.86. The van der Waals surface area contributed by atoms with Crippen LogP contribution in [0.2, 0.25) is 0 Å². The van der Waals surface area contributed by atoms with Crippen LogP contribution >= 0.6 is 11.6 Å². The van der Waals surface area contributed by atoms with Crippen LogP contribution in [-0.4, -0.2) is 23.2 Å². The zero-order valence-electron chi connectivity index (χ0n) is 15.7. The van der Waals surface area contributed by atoms with Gasteiger partial charge in [-0.2, -0.15) is 0 Å². The molecule has 5 aliphatic rings. The Morgan fingerprint density at radius 1 is 1.15 bits per heavy atom. The normalized spacial score (nSPS) is 37.1. The first-order chi connectivity index (χ1) is 12.9. The maximum Gasteiger partial charge on any atom is 0.227 e. The summed E-state index contributed by atoms with van der Waals surface area (Å²) in [6.45, 7) is 1.35. The zero-order chi connectivity index (χ0) is 18.6. The Kier molecular flexibility index (Phi) is 4.05. The fourth-order valence-electron chi connectivity index (χ4n) is 6.50. The van der Waals surface area contributed by atoms with Gasteiger partial charge < -0.3 is 10.2 Å². The largest absolute Gasteiger partial charge is 0.352 e. The second kappa shape index (κ2) is 6.23. The number of anilines is 1. The molecule has 144 valence electrons. The Labute approximate surface area is 165 Å². The summed E-state index contributed by atoms with van der Waals surface area (Å²) in [5, 5.41) is 3.19. The summed E-state index contributed by atoms with van der Waals surface area (Å²) in [4.78, 5) is 26.7. The maximum atomic E-state index is 13.1. The predicted molar refractivity (Wildman–Crippen MR) is 106 cm³/mol. The first-order valence-electron chi connectivity index (χ1n) is 10.3. The second-order valence-corrected chi connectivity index (χ2v) is 10.2. The zero-order valence-corrected chi connectivity index (χ0v) is 16.4. The van der Waals surface area contributed by atoms with Gasteiger partial charge in [0.25, 0.3) is 0 Å². The lowest BCUT2D eigenvalue weighted by molar-refractivity contribution is -0.144. The molecular weight excluding hydrogens is 360 g/mol. The maximum absolute atomic E-state index is 13.1. The number of nitrogens with zero attached hydrogens (tertiary/aromatic N) is 1. The van der Waals surface area contributed by atoms with Gasteiger partial charge in [0.2, 0.25) is 11.8 Å². The summed E-state index contributed by atoms with van der Waals surface area (Å²) in [5.74, 6) is 1.66. The molecule has 4 nitrogen and oxygen atoms in total. The summed E-state index contributed by atoms with van der Waals surface area (Å²) in [7, 11) is 0. The van der Waals surface area contributed by atoms with Gasteiger partial charge in [0.05, 0.1) is 5.41 Å². The van der Waals surface area contributed by atoms with Crippen molar-refractivity contribution in [3.05, 3.63) is 29.8 Å². The SMILES string of the molecule is O=C1CCCN1c1ccc(CNC(=O)C23CC4CC(CC(Cl)(C4)C2)C3)cc1. The van der Waals surface area contributed by atoms with Gasteiger partial charge in [-0.15, -0.1) is 11.6 Å². The van der Waals surface area contributed by atoms with Gasteiger partial charge in [-0.25, -0.2) is 0 Å². The van der Waals surface area contributed by atoms with Gasteiger partial charge in [-0.3, -0.25) is 9.59 Å². The number of carbonyl (C=O) groups is 2. The average molecular weight is 387 g/mol. The molecule has 4 bridgehead atoms. The molecule has 1 saturated heterocycles. The second-order valence-electron chi connectivity index (χ2n) is 9.39. The van der Waals surface area contributed by atoms with Crippen LogP contribution in [0.15, 0.2) is 24.3 Å². The smallest absolute Gasteiger partial charge is 0.227 e. The molecule has 5 fully saturated rings. The number of hydrogen-bond acceptors (Lipinski definition) is 2. The summed E-state index contributed by atoms with van der Waals surface area (Å²) in [6, 6.07) is 8.01. The minimum absolute atomic E-state index is 0.134. The fraction of sp³-hybridized carbons (Fsp3) is 0.636. The number of hydrogen-bond donors (Lipinski definition) is 1. The molecule has 1 N–H and O–H groups in total. The minimum Gasteiger partial charge on any atom is -0.352 e. The molecular formula is C22H27ClN2O2. The van der Waals surface area contributed by atoms with Crippen LogP contribution in [0.5, 0.6) is 0 Å². The first-order valence-corrected chi connectivity index (χ1v) is 10.7. The highest BCUT2D eigenvalue weighted by atomic mass is 35.5. The van der Waals surface area contributed by atoms with Gasteiger partial charge in [0, 0.05) is 30.1 Å². The lowest BCUT2D eigenvalue weighted by atomic mass is 9.49. The van der Waals surface area contributed by atoms with Crippen molar-refractivity contribution >= 4 is 29.1 Å². The minimum atomic E-state index is -0.242. The molecule has 0 spiro atoms. The lowest BCUT2D eigenvalue weighted by Crippen LogP contribution is -2.58. The van der Waals surface area contributed by atoms with E-state index in [2.05, 4.69) is 5.32 Å². The van der Waals surface area contributed by atoms with Crippen molar-refractivity contribution in [3.63, 3.8) is 0 Å². The third kappa shape index (κ3) is 3.06. The summed E-state index contributed by atoms with van der Waals surface area (Å²) in [6.07, 6.45) is 7.90. The fourth-order valence-corrected chi connectivity index (χ4v) is 7.19. The number of carbonyl (C=O) groups excluding carboxylic acids is 2. The topological polar surface area (TPSA) is 49.4 Å². The van der Waals surface area contributed by atoms with Crippen LogP contribution in [0.1, 0.15) is 56.9 Å². The van der Waals surface area contributed by atoms with Crippen molar-refractivity contribution in [2.24, 2.45) is 17.3 Å². The number of amides is 2.